The van der Waals surface area contributed by atoms with Crippen molar-refractivity contribution in [2.75, 3.05) is 19.0 Å². The Bertz CT molecular complexity index is 1500. The summed E-state index contributed by atoms with van der Waals surface area (Å²) in [6, 6.07) is 11.7. The van der Waals surface area contributed by atoms with Crippen LogP contribution in [0.25, 0.3) is 16.7 Å². The van der Waals surface area contributed by atoms with Crippen molar-refractivity contribution in [3.05, 3.63) is 81.8 Å². The number of aromatic nitrogens is 4. The first-order valence-electron chi connectivity index (χ1n) is 12.6. The molecule has 8 nitrogen and oxygen atoms in total. The van der Waals surface area contributed by atoms with Crippen molar-refractivity contribution in [2.45, 2.75) is 45.2 Å². The molecule has 1 fully saturated rings. The van der Waals surface area contributed by atoms with E-state index in [-0.39, 0.29) is 17.6 Å². The lowest BCUT2D eigenvalue weighted by Crippen LogP contribution is -2.39. The number of nitrogens with zero attached hydrogens (tertiary/aromatic N) is 5. The molecule has 0 unspecified atom stereocenters. The number of carbonyl (C=O) groups is 1. The van der Waals surface area contributed by atoms with Crippen LogP contribution in [0.3, 0.4) is 0 Å². The van der Waals surface area contributed by atoms with Gasteiger partial charge in [-0.2, -0.15) is 0 Å². The number of halogens is 1. The van der Waals surface area contributed by atoms with Gasteiger partial charge in [0.15, 0.2) is 0 Å². The number of benzene rings is 1. The van der Waals surface area contributed by atoms with Gasteiger partial charge in [0.1, 0.15) is 0 Å². The van der Waals surface area contributed by atoms with Crippen LogP contribution in [0.2, 0.25) is 5.02 Å². The third kappa shape index (κ3) is 5.11. The van der Waals surface area contributed by atoms with E-state index < -0.39 is 0 Å². The number of para-hydroxylation sites is 2. The molecule has 37 heavy (non-hydrogen) atoms. The fourth-order valence-corrected chi connectivity index (χ4v) is 5.32. The van der Waals surface area contributed by atoms with Crippen LogP contribution < -0.4 is 15.9 Å². The summed E-state index contributed by atoms with van der Waals surface area (Å²) < 4.78 is 3.64. The van der Waals surface area contributed by atoms with E-state index in [1.54, 1.807) is 29.2 Å². The van der Waals surface area contributed by atoms with Crippen molar-refractivity contribution in [1.29, 1.82) is 0 Å². The van der Waals surface area contributed by atoms with Gasteiger partial charge in [0.05, 0.1) is 51.1 Å². The lowest BCUT2D eigenvalue weighted by molar-refractivity contribution is 0.0919. The molecular formula is C28H31ClN6O2. The van der Waals surface area contributed by atoms with E-state index >= 15 is 0 Å². The van der Waals surface area contributed by atoms with Gasteiger partial charge >= 0.3 is 5.69 Å². The van der Waals surface area contributed by atoms with Crippen LogP contribution in [0.15, 0.2) is 59.8 Å². The predicted octanol–water partition coefficient (Wildman–Crippen LogP) is 4.60. The Hall–Kier alpha value is -3.65. The third-order valence-corrected chi connectivity index (χ3v) is 7.45. The normalized spacial score (nSPS) is 17.6. The van der Waals surface area contributed by atoms with Crippen LogP contribution in [-0.2, 0) is 6.54 Å². The molecule has 0 saturated heterocycles. The third-order valence-electron chi connectivity index (χ3n) is 7.24. The standard InChI is InChI=1S/C28H31ClN6O2/c1-18-24(12-20(29)14-31-18)27(36)32-21-10-8-19(9-11-21)17-34-25-6-4-5-7-26(25)35(28(34)37)23-13-22(33(2)3)15-30-16-23/h4-7,12-16,19,21H,8-11,17H2,1-3H3,(H,32,36)/t19-,21-. The minimum absolute atomic E-state index is 0.0572. The molecule has 1 aliphatic rings. The van der Waals surface area contributed by atoms with Gasteiger partial charge < -0.3 is 10.2 Å². The van der Waals surface area contributed by atoms with Gasteiger partial charge in [-0.05, 0) is 62.8 Å². The van der Waals surface area contributed by atoms with Crippen LogP contribution in [0.1, 0.15) is 41.7 Å². The van der Waals surface area contributed by atoms with Crippen molar-refractivity contribution in [1.82, 2.24) is 24.4 Å². The molecule has 1 N–H and O–H groups in total. The smallest absolute Gasteiger partial charge is 0.333 e. The van der Waals surface area contributed by atoms with Gasteiger partial charge in [-0.3, -0.25) is 23.9 Å². The van der Waals surface area contributed by atoms with Crippen LogP contribution in [-0.4, -0.2) is 45.1 Å². The summed E-state index contributed by atoms with van der Waals surface area (Å²) in [5.41, 5.74) is 4.60. The summed E-state index contributed by atoms with van der Waals surface area (Å²) in [5.74, 6) is 0.217. The minimum atomic E-state index is -0.135. The summed E-state index contributed by atoms with van der Waals surface area (Å²) in [6.45, 7) is 2.45. The molecule has 5 rings (SSSR count). The minimum Gasteiger partial charge on any atom is -0.376 e. The summed E-state index contributed by atoms with van der Waals surface area (Å²) >= 11 is 6.04. The van der Waals surface area contributed by atoms with Gasteiger partial charge in [0.2, 0.25) is 0 Å². The van der Waals surface area contributed by atoms with E-state index in [9.17, 15) is 9.59 Å². The molecule has 3 heterocycles. The molecule has 0 radical (unpaired) electrons. The van der Waals surface area contributed by atoms with Gasteiger partial charge in [-0.15, -0.1) is 0 Å². The van der Waals surface area contributed by atoms with Crippen molar-refractivity contribution >= 4 is 34.2 Å². The molecule has 0 atom stereocenters. The molecule has 1 aromatic carbocycles. The lowest BCUT2D eigenvalue weighted by Gasteiger charge is -2.29. The highest BCUT2D eigenvalue weighted by atomic mass is 35.5. The summed E-state index contributed by atoms with van der Waals surface area (Å²) in [7, 11) is 3.91. The monoisotopic (exact) mass is 518 g/mol. The first kappa shape index (κ1) is 25.0. The Morgan fingerprint density at radius 3 is 2.54 bits per heavy atom. The Morgan fingerprint density at radius 1 is 1.08 bits per heavy atom. The Morgan fingerprint density at radius 2 is 1.81 bits per heavy atom. The molecule has 0 aliphatic heterocycles. The molecule has 4 aromatic rings. The summed E-state index contributed by atoms with van der Waals surface area (Å²) in [4.78, 5) is 37.0. The highest BCUT2D eigenvalue weighted by molar-refractivity contribution is 6.30. The zero-order valence-electron chi connectivity index (χ0n) is 21.3. The molecular weight excluding hydrogens is 488 g/mol. The fraction of sp³-hybridized carbons (Fsp3) is 0.357. The Labute approximate surface area is 220 Å². The van der Waals surface area contributed by atoms with Gasteiger partial charge in [0, 0.05) is 32.9 Å². The average molecular weight is 519 g/mol. The van der Waals surface area contributed by atoms with Gasteiger partial charge in [-0.1, -0.05) is 23.7 Å². The predicted molar refractivity (Wildman–Crippen MR) is 147 cm³/mol. The number of fused-ring (bicyclic) bond motifs is 1. The number of amides is 1. The van der Waals surface area contributed by atoms with Crippen LogP contribution in [0, 0.1) is 12.8 Å². The maximum Gasteiger partial charge on any atom is 0.333 e. The van der Waals surface area contributed by atoms with Gasteiger partial charge in [0.25, 0.3) is 5.91 Å². The second-order valence-electron chi connectivity index (χ2n) is 9.99. The highest BCUT2D eigenvalue weighted by Crippen LogP contribution is 2.28. The largest absolute Gasteiger partial charge is 0.376 e. The summed E-state index contributed by atoms with van der Waals surface area (Å²) in [6.07, 6.45) is 8.67. The number of pyridine rings is 2. The van der Waals surface area contributed by atoms with Crippen LogP contribution in [0.5, 0.6) is 0 Å². The number of rotatable bonds is 6. The second-order valence-corrected chi connectivity index (χ2v) is 10.4. The molecule has 9 heteroatoms. The number of hydrogen-bond donors (Lipinski definition) is 1. The van der Waals surface area contributed by atoms with E-state index in [4.69, 9.17) is 11.6 Å². The maximum atomic E-state index is 13.7. The SMILES string of the molecule is Cc1ncc(Cl)cc1C(=O)N[C@H]1CC[C@H](Cn2c(=O)n(-c3cncc(N(C)C)c3)c3ccccc32)CC1. The number of hydrogen-bond acceptors (Lipinski definition) is 5. The molecule has 192 valence electrons. The molecule has 1 saturated carbocycles. The quantitative estimate of drug-likeness (QED) is 0.403. The van der Waals surface area contributed by atoms with Crippen molar-refractivity contribution in [3.8, 4) is 5.69 Å². The Balaban J connectivity index is 1.32. The van der Waals surface area contributed by atoms with Gasteiger partial charge in [-0.25, -0.2) is 4.79 Å². The van der Waals surface area contributed by atoms with Crippen LogP contribution >= 0.6 is 11.6 Å². The number of nitrogens with one attached hydrogen (secondary N) is 1. The first-order chi connectivity index (χ1) is 17.8. The summed E-state index contributed by atoms with van der Waals surface area (Å²) in [5, 5.41) is 3.60. The maximum absolute atomic E-state index is 13.7. The van der Waals surface area contributed by atoms with E-state index in [1.165, 1.54) is 0 Å². The number of aryl methyl sites for hydroxylation is 1. The van der Waals surface area contributed by atoms with E-state index in [0.29, 0.717) is 28.7 Å². The van der Waals surface area contributed by atoms with Crippen molar-refractivity contribution < 1.29 is 4.79 Å². The molecule has 0 spiro atoms. The number of anilines is 1. The van der Waals surface area contributed by atoms with E-state index in [2.05, 4.69) is 15.3 Å². The topological polar surface area (TPSA) is 85.0 Å². The molecule has 3 aromatic heterocycles. The number of carbonyl (C=O) groups excluding carboxylic acids is 1. The Kier molecular flexibility index (Phi) is 7.02. The van der Waals surface area contributed by atoms with Crippen LogP contribution in [0.4, 0.5) is 5.69 Å². The van der Waals surface area contributed by atoms with E-state index in [1.807, 2.05) is 60.8 Å². The number of imidazole rings is 1. The second kappa shape index (κ2) is 10.4. The highest BCUT2D eigenvalue weighted by Gasteiger charge is 2.25. The zero-order chi connectivity index (χ0) is 26.1. The van der Waals surface area contributed by atoms with Crippen molar-refractivity contribution in [3.63, 3.8) is 0 Å². The fourth-order valence-electron chi connectivity index (χ4n) is 5.17. The first-order valence-corrected chi connectivity index (χ1v) is 13.0. The zero-order valence-corrected chi connectivity index (χ0v) is 22.1. The van der Waals surface area contributed by atoms with E-state index in [0.717, 1.165) is 48.1 Å². The van der Waals surface area contributed by atoms with Crippen molar-refractivity contribution in [2.24, 2.45) is 5.92 Å². The lowest BCUT2D eigenvalue weighted by atomic mass is 9.85. The molecule has 0 bridgehead atoms. The molecule has 1 aliphatic carbocycles. The molecule has 1 amide bonds. The average Bonchev–Trinajstić information content (AvgIpc) is 3.17.